The van der Waals surface area contributed by atoms with Crippen LogP contribution in [-0.2, 0) is 0 Å². The number of hydrogen-bond donors (Lipinski definition) is 0. The molecule has 0 fully saturated rings. The van der Waals surface area contributed by atoms with Crippen LogP contribution in [0.25, 0.3) is 0 Å². The summed E-state index contributed by atoms with van der Waals surface area (Å²) in [4.78, 5) is 15.9. The van der Waals surface area contributed by atoms with E-state index in [2.05, 4.69) is 0 Å². The molecular formula is C16H12Cl2N2O. The van der Waals surface area contributed by atoms with Gasteiger partial charge in [-0.1, -0.05) is 41.4 Å². The average molecular weight is 319 g/mol. The maximum Gasteiger partial charge on any atom is 0.333 e. The number of benzene rings is 2. The Bertz CT molecular complexity index is 680. The van der Waals surface area contributed by atoms with Crippen LogP contribution in [0.3, 0.4) is 0 Å². The van der Waals surface area contributed by atoms with Crippen molar-refractivity contribution in [2.75, 3.05) is 16.3 Å². The third-order valence-electron chi connectivity index (χ3n) is 3.17. The first-order valence-corrected chi connectivity index (χ1v) is 7.19. The molecule has 0 aliphatic carbocycles. The molecule has 2 aromatic carbocycles. The van der Waals surface area contributed by atoms with Gasteiger partial charge in [-0.2, -0.15) is 0 Å². The van der Waals surface area contributed by atoms with Crippen molar-refractivity contribution >= 4 is 40.6 Å². The Balaban J connectivity index is 1.96. The third-order valence-corrected chi connectivity index (χ3v) is 3.61. The first kappa shape index (κ1) is 14.0. The summed E-state index contributed by atoms with van der Waals surface area (Å²) in [7, 11) is 0. The van der Waals surface area contributed by atoms with Crippen molar-refractivity contribution in [1.82, 2.24) is 0 Å². The minimum absolute atomic E-state index is 0.137. The second kappa shape index (κ2) is 5.80. The van der Waals surface area contributed by atoms with Crippen molar-refractivity contribution in [3.63, 3.8) is 0 Å². The van der Waals surface area contributed by atoms with E-state index < -0.39 is 0 Å². The predicted octanol–water partition coefficient (Wildman–Crippen LogP) is 4.95. The van der Waals surface area contributed by atoms with Crippen LogP contribution >= 0.6 is 23.2 Å². The molecule has 0 N–H and O–H groups in total. The van der Waals surface area contributed by atoms with Gasteiger partial charge >= 0.3 is 6.03 Å². The maximum atomic E-state index is 12.7. The molecule has 0 spiro atoms. The van der Waals surface area contributed by atoms with Gasteiger partial charge in [0.25, 0.3) is 0 Å². The van der Waals surface area contributed by atoms with Crippen LogP contribution in [0.5, 0.6) is 0 Å². The molecule has 0 unspecified atom stereocenters. The van der Waals surface area contributed by atoms with E-state index >= 15 is 0 Å². The Morgan fingerprint density at radius 3 is 2.24 bits per heavy atom. The van der Waals surface area contributed by atoms with E-state index in [1.54, 1.807) is 29.3 Å². The molecule has 1 heterocycles. The Kier molecular flexibility index (Phi) is 3.86. The van der Waals surface area contributed by atoms with Gasteiger partial charge < -0.3 is 0 Å². The molecule has 21 heavy (non-hydrogen) atoms. The molecule has 0 radical (unpaired) electrons. The molecule has 0 saturated carbocycles. The average Bonchev–Trinajstić information content (AvgIpc) is 2.47. The van der Waals surface area contributed by atoms with Crippen molar-refractivity contribution in [2.24, 2.45) is 0 Å². The zero-order valence-corrected chi connectivity index (χ0v) is 12.6. The second-order valence-corrected chi connectivity index (χ2v) is 5.48. The first-order valence-electron chi connectivity index (χ1n) is 6.44. The molecule has 2 aromatic rings. The Hall–Kier alpha value is -1.97. The SMILES string of the molecule is O=C1N(c2cc(Cl)cc(Cl)c2)C=CCN1c1ccccc1. The van der Waals surface area contributed by atoms with Crippen molar-refractivity contribution in [3.8, 4) is 0 Å². The van der Waals surface area contributed by atoms with E-state index in [1.165, 1.54) is 4.90 Å². The molecule has 0 atom stereocenters. The van der Waals surface area contributed by atoms with Crippen LogP contribution < -0.4 is 9.80 Å². The van der Waals surface area contributed by atoms with Crippen LogP contribution in [0, 0.1) is 0 Å². The summed E-state index contributed by atoms with van der Waals surface area (Å²) < 4.78 is 0. The summed E-state index contributed by atoms with van der Waals surface area (Å²) in [6.07, 6.45) is 3.66. The topological polar surface area (TPSA) is 23.6 Å². The van der Waals surface area contributed by atoms with Crippen LogP contribution in [0.1, 0.15) is 0 Å². The highest BCUT2D eigenvalue weighted by molar-refractivity contribution is 6.35. The van der Waals surface area contributed by atoms with E-state index in [0.717, 1.165) is 5.69 Å². The number of carbonyl (C=O) groups is 1. The number of halogens is 2. The number of carbonyl (C=O) groups excluding carboxylic acids is 1. The van der Waals surface area contributed by atoms with Crippen LogP contribution in [0.2, 0.25) is 10.0 Å². The monoisotopic (exact) mass is 318 g/mol. The molecule has 0 saturated heterocycles. The van der Waals surface area contributed by atoms with E-state index in [0.29, 0.717) is 22.3 Å². The minimum Gasteiger partial charge on any atom is -0.290 e. The summed E-state index contributed by atoms with van der Waals surface area (Å²) >= 11 is 12.0. The molecule has 106 valence electrons. The molecule has 1 aliphatic heterocycles. The number of amides is 2. The molecule has 1 aliphatic rings. The predicted molar refractivity (Wildman–Crippen MR) is 87.3 cm³/mol. The fourth-order valence-electron chi connectivity index (χ4n) is 2.23. The van der Waals surface area contributed by atoms with Crippen LogP contribution in [-0.4, -0.2) is 12.6 Å². The van der Waals surface area contributed by atoms with Gasteiger partial charge in [0, 0.05) is 28.5 Å². The summed E-state index contributed by atoms with van der Waals surface area (Å²) in [6, 6.07) is 14.5. The van der Waals surface area contributed by atoms with Gasteiger partial charge in [-0.3, -0.25) is 9.80 Å². The summed E-state index contributed by atoms with van der Waals surface area (Å²) in [5, 5.41) is 0.992. The number of nitrogens with zero attached hydrogens (tertiary/aromatic N) is 2. The maximum absolute atomic E-state index is 12.7. The first-order chi connectivity index (χ1) is 10.1. The highest BCUT2D eigenvalue weighted by Gasteiger charge is 2.25. The standard InChI is InChI=1S/C16H12Cl2N2O/c17-12-9-13(18)11-15(10-12)20-8-4-7-19(16(20)21)14-5-2-1-3-6-14/h1-6,8-11H,7H2. The fourth-order valence-corrected chi connectivity index (χ4v) is 2.74. The lowest BCUT2D eigenvalue weighted by molar-refractivity contribution is 0.253. The van der Waals surface area contributed by atoms with Gasteiger partial charge in [0.15, 0.2) is 0 Å². The van der Waals surface area contributed by atoms with E-state index in [4.69, 9.17) is 23.2 Å². The Morgan fingerprint density at radius 1 is 0.905 bits per heavy atom. The number of hydrogen-bond acceptors (Lipinski definition) is 1. The molecular weight excluding hydrogens is 307 g/mol. The highest BCUT2D eigenvalue weighted by atomic mass is 35.5. The van der Waals surface area contributed by atoms with Crippen molar-refractivity contribution in [1.29, 1.82) is 0 Å². The fraction of sp³-hybridized carbons (Fsp3) is 0.0625. The van der Waals surface area contributed by atoms with Gasteiger partial charge in [0.05, 0.1) is 5.69 Å². The van der Waals surface area contributed by atoms with Crippen LogP contribution in [0.4, 0.5) is 16.2 Å². The zero-order chi connectivity index (χ0) is 14.8. The highest BCUT2D eigenvalue weighted by Crippen LogP contribution is 2.29. The van der Waals surface area contributed by atoms with E-state index in [9.17, 15) is 4.79 Å². The lowest BCUT2D eigenvalue weighted by Crippen LogP contribution is -2.44. The summed E-state index contributed by atoms with van der Waals surface area (Å²) in [5.41, 5.74) is 1.50. The smallest absolute Gasteiger partial charge is 0.290 e. The Labute approximate surface area is 133 Å². The molecule has 5 heteroatoms. The number of para-hydroxylation sites is 1. The van der Waals surface area contributed by atoms with Crippen molar-refractivity contribution < 1.29 is 4.79 Å². The second-order valence-electron chi connectivity index (χ2n) is 4.61. The number of anilines is 2. The molecule has 2 amide bonds. The van der Waals surface area contributed by atoms with E-state index in [-0.39, 0.29) is 6.03 Å². The van der Waals surface area contributed by atoms with Gasteiger partial charge in [-0.15, -0.1) is 0 Å². The summed E-state index contributed by atoms with van der Waals surface area (Å²) in [6.45, 7) is 0.535. The Morgan fingerprint density at radius 2 is 1.57 bits per heavy atom. The third kappa shape index (κ3) is 2.89. The van der Waals surface area contributed by atoms with Gasteiger partial charge in [-0.25, -0.2) is 4.79 Å². The lowest BCUT2D eigenvalue weighted by atomic mass is 10.2. The minimum atomic E-state index is -0.137. The lowest BCUT2D eigenvalue weighted by Gasteiger charge is -2.31. The molecule has 0 bridgehead atoms. The summed E-state index contributed by atoms with van der Waals surface area (Å²) in [5.74, 6) is 0. The van der Waals surface area contributed by atoms with Crippen molar-refractivity contribution in [3.05, 3.63) is 70.9 Å². The van der Waals surface area contributed by atoms with Gasteiger partial charge in [0.2, 0.25) is 0 Å². The molecule has 3 rings (SSSR count). The number of rotatable bonds is 2. The van der Waals surface area contributed by atoms with E-state index in [1.807, 2.05) is 36.4 Å². The number of urea groups is 1. The normalized spacial score (nSPS) is 14.7. The van der Waals surface area contributed by atoms with Gasteiger partial charge in [0.1, 0.15) is 0 Å². The molecule has 0 aromatic heterocycles. The quantitative estimate of drug-likeness (QED) is 0.768. The van der Waals surface area contributed by atoms with Gasteiger partial charge in [-0.05, 0) is 36.4 Å². The largest absolute Gasteiger partial charge is 0.333 e. The zero-order valence-electron chi connectivity index (χ0n) is 11.0. The van der Waals surface area contributed by atoms with Crippen molar-refractivity contribution in [2.45, 2.75) is 0 Å². The molecule has 3 nitrogen and oxygen atoms in total. The van der Waals surface area contributed by atoms with Crippen LogP contribution in [0.15, 0.2) is 60.8 Å².